The van der Waals surface area contributed by atoms with Crippen LogP contribution in [0.25, 0.3) is 22.3 Å². The van der Waals surface area contributed by atoms with Gasteiger partial charge in [-0.1, -0.05) is 133 Å². The van der Waals surface area contributed by atoms with E-state index in [-0.39, 0.29) is 28.2 Å². The summed E-state index contributed by atoms with van der Waals surface area (Å²) in [5.41, 5.74) is 4.44. The van der Waals surface area contributed by atoms with Crippen LogP contribution < -0.4 is 28.4 Å². The third-order valence-electron chi connectivity index (χ3n) is 11.0. The van der Waals surface area contributed by atoms with Gasteiger partial charge in [-0.2, -0.15) is 0 Å². The molecule has 9 nitrogen and oxygen atoms in total. The fourth-order valence-corrected chi connectivity index (χ4v) is 7.21. The molecule has 0 radical (unpaired) electrons. The molecule has 0 heterocycles. The molecule has 0 aliphatic heterocycles. The number of rotatable bonds is 25. The zero-order valence-corrected chi connectivity index (χ0v) is 37.9. The van der Waals surface area contributed by atoms with Crippen LogP contribution in [-0.4, -0.2) is 38.2 Å². The van der Waals surface area contributed by atoms with E-state index < -0.39 is 17.9 Å². The first-order chi connectivity index (χ1) is 31.8. The monoisotopic (exact) mass is 876 g/mol. The van der Waals surface area contributed by atoms with Gasteiger partial charge in [-0.05, 0) is 120 Å². The lowest BCUT2D eigenvalue weighted by molar-refractivity contribution is 0.0724. The number of hydrogen-bond acceptors (Lipinski definition) is 9. The van der Waals surface area contributed by atoms with Crippen LogP contribution in [0.1, 0.15) is 122 Å². The van der Waals surface area contributed by atoms with Crippen LogP contribution >= 0.6 is 0 Å². The van der Waals surface area contributed by atoms with Crippen molar-refractivity contribution in [3.8, 4) is 56.8 Å². The molecule has 338 valence electrons. The average molecular weight is 877 g/mol. The molecule has 0 aliphatic carbocycles. The number of ether oxygens (including phenoxy) is 6. The molecule has 9 heteroatoms. The summed E-state index contributed by atoms with van der Waals surface area (Å²) in [6, 6.07) is 40.8. The highest BCUT2D eigenvalue weighted by atomic mass is 16.6. The Morgan fingerprint density at radius 1 is 0.369 bits per heavy atom. The van der Waals surface area contributed by atoms with Crippen molar-refractivity contribution >= 4 is 17.9 Å². The molecule has 0 spiro atoms. The van der Waals surface area contributed by atoms with Gasteiger partial charge in [-0.15, -0.1) is 0 Å². The van der Waals surface area contributed by atoms with Gasteiger partial charge in [0.25, 0.3) is 0 Å². The number of carbonyl (C=O) groups excluding carboxylic acids is 3. The normalized spacial score (nSPS) is 10.8. The van der Waals surface area contributed by atoms with Crippen molar-refractivity contribution in [3.05, 3.63) is 156 Å². The van der Waals surface area contributed by atoms with E-state index in [4.69, 9.17) is 28.4 Å². The molecule has 0 aromatic heterocycles. The van der Waals surface area contributed by atoms with Crippen molar-refractivity contribution in [2.24, 2.45) is 0 Å². The van der Waals surface area contributed by atoms with Crippen molar-refractivity contribution in [2.75, 3.05) is 20.3 Å². The molecule has 0 amide bonds. The Kier molecular flexibility index (Phi) is 18.6. The molecule has 0 aliphatic rings. The Hall–Kier alpha value is -6.87. The van der Waals surface area contributed by atoms with Crippen LogP contribution in [-0.2, 0) is 0 Å². The summed E-state index contributed by atoms with van der Waals surface area (Å²) in [6.07, 6.45) is 14.6. The SMILES string of the molecule is CCCCCCCCOc1ccc(-c2ccc(OC(=O)c3cccc(C(=O)Oc4ccc(C(=O)Oc5ccc(-c6ccc(OCCCCCCCC)cc6)cc5)cc4OC)c3)cc2)cc1. The fraction of sp³-hybridized carbons (Fsp3) is 0.304. The lowest BCUT2D eigenvalue weighted by atomic mass is 10.1. The number of benzene rings is 6. The van der Waals surface area contributed by atoms with E-state index in [1.165, 1.54) is 102 Å². The minimum atomic E-state index is -0.730. The number of methoxy groups -OCH3 is 1. The summed E-state index contributed by atoms with van der Waals surface area (Å²) >= 11 is 0. The summed E-state index contributed by atoms with van der Waals surface area (Å²) in [4.78, 5) is 39.6. The van der Waals surface area contributed by atoms with E-state index in [1.807, 2.05) is 72.8 Å². The van der Waals surface area contributed by atoms with Gasteiger partial charge < -0.3 is 28.4 Å². The van der Waals surface area contributed by atoms with E-state index >= 15 is 0 Å². The minimum Gasteiger partial charge on any atom is -0.494 e. The fourth-order valence-electron chi connectivity index (χ4n) is 7.21. The van der Waals surface area contributed by atoms with E-state index in [9.17, 15) is 14.4 Å². The average Bonchev–Trinajstić information content (AvgIpc) is 3.34. The molecule has 0 bridgehead atoms. The topological polar surface area (TPSA) is 107 Å². The van der Waals surface area contributed by atoms with Crippen molar-refractivity contribution in [1.82, 2.24) is 0 Å². The predicted molar refractivity (Wildman–Crippen MR) is 256 cm³/mol. The number of hydrogen-bond donors (Lipinski definition) is 0. The first-order valence-electron chi connectivity index (χ1n) is 22.9. The summed E-state index contributed by atoms with van der Waals surface area (Å²) < 4.78 is 34.2. The van der Waals surface area contributed by atoms with Crippen LogP contribution in [0.15, 0.2) is 140 Å². The number of unbranched alkanes of at least 4 members (excludes halogenated alkanes) is 10. The van der Waals surface area contributed by atoms with Crippen LogP contribution in [0.3, 0.4) is 0 Å². The van der Waals surface area contributed by atoms with Gasteiger partial charge in [0.2, 0.25) is 0 Å². The van der Waals surface area contributed by atoms with Crippen molar-refractivity contribution < 1.29 is 42.8 Å². The molecule has 0 atom stereocenters. The Morgan fingerprint density at radius 3 is 1.15 bits per heavy atom. The van der Waals surface area contributed by atoms with E-state index in [2.05, 4.69) is 13.8 Å². The van der Waals surface area contributed by atoms with E-state index in [0.717, 1.165) is 46.6 Å². The van der Waals surface area contributed by atoms with Gasteiger partial charge in [-0.25, -0.2) is 14.4 Å². The maximum absolute atomic E-state index is 13.3. The van der Waals surface area contributed by atoms with E-state index in [1.54, 1.807) is 36.4 Å². The lowest BCUT2D eigenvalue weighted by Gasteiger charge is -2.12. The Bertz CT molecular complexity index is 2400. The van der Waals surface area contributed by atoms with Gasteiger partial charge in [0, 0.05) is 0 Å². The Balaban J connectivity index is 0.969. The highest BCUT2D eigenvalue weighted by molar-refractivity contribution is 5.97. The second-order valence-corrected chi connectivity index (χ2v) is 15.9. The summed E-state index contributed by atoms with van der Waals surface area (Å²) in [5.74, 6) is 0.671. The molecular formula is C56H60O9. The standard InChI is InChI=1S/C56H60O9/c1-4-6-8-10-12-14-37-61-48-28-19-41(20-29-48)43-23-32-50(33-24-43)63-54(57)45-17-16-18-46(39-45)56(59)65-52-36-27-47(40-53(52)60-3)55(58)64-51-34-25-44(26-35-51)42-21-30-49(31-22-42)62-38-15-13-11-9-7-5-2/h16-36,39-40H,4-15,37-38H2,1-3H3. The predicted octanol–water partition coefficient (Wildman–Crippen LogP) is 14.2. The summed E-state index contributed by atoms with van der Waals surface area (Å²) in [7, 11) is 1.40. The van der Waals surface area contributed by atoms with Gasteiger partial charge in [-0.3, -0.25) is 0 Å². The summed E-state index contributed by atoms with van der Waals surface area (Å²) in [6.45, 7) is 5.87. The molecule has 6 rings (SSSR count). The van der Waals surface area contributed by atoms with Gasteiger partial charge in [0.15, 0.2) is 11.5 Å². The molecule has 65 heavy (non-hydrogen) atoms. The Morgan fingerprint density at radius 2 is 0.738 bits per heavy atom. The zero-order chi connectivity index (χ0) is 45.6. The van der Waals surface area contributed by atoms with Crippen LogP contribution in [0.5, 0.6) is 34.5 Å². The van der Waals surface area contributed by atoms with Crippen molar-refractivity contribution in [1.29, 1.82) is 0 Å². The van der Waals surface area contributed by atoms with Crippen LogP contribution in [0.4, 0.5) is 0 Å². The van der Waals surface area contributed by atoms with Crippen molar-refractivity contribution in [2.45, 2.75) is 90.9 Å². The molecule has 0 saturated carbocycles. The smallest absolute Gasteiger partial charge is 0.343 e. The third-order valence-corrected chi connectivity index (χ3v) is 11.0. The summed E-state index contributed by atoms with van der Waals surface area (Å²) in [5, 5.41) is 0. The van der Waals surface area contributed by atoms with Crippen LogP contribution in [0, 0.1) is 0 Å². The van der Waals surface area contributed by atoms with Crippen LogP contribution in [0.2, 0.25) is 0 Å². The maximum atomic E-state index is 13.3. The third kappa shape index (κ3) is 14.9. The molecular weight excluding hydrogens is 817 g/mol. The Labute approximate surface area is 383 Å². The second-order valence-electron chi connectivity index (χ2n) is 15.9. The first-order valence-corrected chi connectivity index (χ1v) is 22.9. The number of carbonyl (C=O) groups is 3. The highest BCUT2D eigenvalue weighted by Crippen LogP contribution is 2.31. The maximum Gasteiger partial charge on any atom is 0.343 e. The molecule has 0 fully saturated rings. The first kappa shape index (κ1) is 47.6. The molecule has 0 N–H and O–H groups in total. The molecule has 0 unspecified atom stereocenters. The van der Waals surface area contributed by atoms with Crippen molar-refractivity contribution in [3.63, 3.8) is 0 Å². The highest BCUT2D eigenvalue weighted by Gasteiger charge is 2.19. The lowest BCUT2D eigenvalue weighted by Crippen LogP contribution is -2.13. The second kappa shape index (κ2) is 25.4. The van der Waals surface area contributed by atoms with Gasteiger partial charge in [0.05, 0.1) is 37.0 Å². The quantitative estimate of drug-likeness (QED) is 0.0316. The van der Waals surface area contributed by atoms with E-state index in [0.29, 0.717) is 24.7 Å². The number of esters is 3. The molecule has 0 saturated heterocycles. The van der Waals surface area contributed by atoms with Gasteiger partial charge >= 0.3 is 17.9 Å². The zero-order valence-electron chi connectivity index (χ0n) is 37.9. The largest absolute Gasteiger partial charge is 0.494 e. The van der Waals surface area contributed by atoms with Gasteiger partial charge in [0.1, 0.15) is 23.0 Å². The molecule has 6 aromatic rings. The molecule has 6 aromatic carbocycles. The minimum absolute atomic E-state index is 0.0839.